The summed E-state index contributed by atoms with van der Waals surface area (Å²) in [4.78, 5) is 29.4. The summed E-state index contributed by atoms with van der Waals surface area (Å²) in [6.45, 7) is 0. The summed E-state index contributed by atoms with van der Waals surface area (Å²) >= 11 is 0. The summed E-state index contributed by atoms with van der Waals surface area (Å²) in [5.41, 5.74) is -0.346. The van der Waals surface area contributed by atoms with E-state index in [4.69, 9.17) is 4.42 Å². The molecule has 0 aliphatic rings. The van der Waals surface area contributed by atoms with Crippen LogP contribution in [0.4, 0.5) is 0 Å². The highest BCUT2D eigenvalue weighted by atomic mass is 16.4. The Morgan fingerprint density at radius 2 is 2.00 bits per heavy atom. The standard InChI is InChI=1S/C11H6N2O3/c14-10-8-9(12-5-13-10)6-3-1-2-4-7(6)16-11(8)15/h1-5H,(H,12,13,14). The van der Waals surface area contributed by atoms with Gasteiger partial charge in [0.15, 0.2) is 5.39 Å². The van der Waals surface area contributed by atoms with Gasteiger partial charge in [0.1, 0.15) is 5.58 Å². The predicted octanol–water partition coefficient (Wildman–Crippen LogP) is 1.03. The molecule has 78 valence electrons. The Morgan fingerprint density at radius 3 is 2.88 bits per heavy atom. The number of nitrogens with one attached hydrogen (secondary N) is 1. The van der Waals surface area contributed by atoms with E-state index in [0.29, 0.717) is 16.5 Å². The van der Waals surface area contributed by atoms with Crippen molar-refractivity contribution in [1.29, 1.82) is 0 Å². The topological polar surface area (TPSA) is 76.0 Å². The van der Waals surface area contributed by atoms with E-state index in [1.54, 1.807) is 24.3 Å². The zero-order valence-electron chi connectivity index (χ0n) is 8.06. The average Bonchev–Trinajstić information content (AvgIpc) is 2.29. The third-order valence-electron chi connectivity index (χ3n) is 2.40. The quantitative estimate of drug-likeness (QED) is 0.448. The summed E-state index contributed by atoms with van der Waals surface area (Å²) in [5, 5.41) is 0.615. The Balaban J connectivity index is 2.77. The summed E-state index contributed by atoms with van der Waals surface area (Å²) in [6.07, 6.45) is 1.27. The summed E-state index contributed by atoms with van der Waals surface area (Å²) in [7, 11) is 0. The van der Waals surface area contributed by atoms with Crippen molar-refractivity contribution in [3.8, 4) is 0 Å². The third-order valence-corrected chi connectivity index (χ3v) is 2.40. The number of benzene rings is 1. The Bertz CT molecular complexity index is 801. The largest absolute Gasteiger partial charge is 0.422 e. The average molecular weight is 214 g/mol. The van der Waals surface area contributed by atoms with Gasteiger partial charge in [-0.1, -0.05) is 12.1 Å². The van der Waals surface area contributed by atoms with Crippen molar-refractivity contribution in [2.24, 2.45) is 0 Å². The van der Waals surface area contributed by atoms with Crippen LogP contribution in [0.3, 0.4) is 0 Å². The lowest BCUT2D eigenvalue weighted by Gasteiger charge is -1.99. The van der Waals surface area contributed by atoms with Crippen LogP contribution < -0.4 is 11.2 Å². The van der Waals surface area contributed by atoms with E-state index in [-0.39, 0.29) is 5.39 Å². The van der Waals surface area contributed by atoms with Gasteiger partial charge in [-0.2, -0.15) is 0 Å². The van der Waals surface area contributed by atoms with Crippen molar-refractivity contribution in [3.05, 3.63) is 51.4 Å². The Labute approximate surface area is 88.4 Å². The molecule has 0 amide bonds. The molecule has 0 aliphatic heterocycles. The fourth-order valence-electron chi connectivity index (χ4n) is 1.70. The van der Waals surface area contributed by atoms with Gasteiger partial charge in [0, 0.05) is 5.39 Å². The lowest BCUT2D eigenvalue weighted by Crippen LogP contribution is -2.15. The highest BCUT2D eigenvalue weighted by molar-refractivity contribution is 6.00. The first-order valence-corrected chi connectivity index (χ1v) is 4.66. The first-order valence-electron chi connectivity index (χ1n) is 4.66. The molecule has 16 heavy (non-hydrogen) atoms. The normalized spacial score (nSPS) is 11.0. The number of H-pyrrole nitrogens is 1. The molecule has 5 nitrogen and oxygen atoms in total. The van der Waals surface area contributed by atoms with Crippen LogP contribution in [0.5, 0.6) is 0 Å². The third kappa shape index (κ3) is 1.08. The van der Waals surface area contributed by atoms with E-state index in [1.807, 2.05) is 0 Å². The molecule has 2 heterocycles. The van der Waals surface area contributed by atoms with E-state index in [9.17, 15) is 9.59 Å². The van der Waals surface area contributed by atoms with Gasteiger partial charge in [0.2, 0.25) is 0 Å². The second kappa shape index (κ2) is 3.03. The molecular formula is C11H6N2O3. The molecule has 2 aromatic heterocycles. The second-order valence-corrected chi connectivity index (χ2v) is 3.34. The van der Waals surface area contributed by atoms with Crippen molar-refractivity contribution in [1.82, 2.24) is 9.97 Å². The summed E-state index contributed by atoms with van der Waals surface area (Å²) in [6, 6.07) is 6.97. The second-order valence-electron chi connectivity index (χ2n) is 3.34. The van der Waals surface area contributed by atoms with Gasteiger partial charge >= 0.3 is 5.63 Å². The minimum atomic E-state index is -0.664. The zero-order valence-corrected chi connectivity index (χ0v) is 8.06. The maximum atomic E-state index is 11.6. The molecule has 0 aliphatic carbocycles. The van der Waals surface area contributed by atoms with Crippen LogP contribution in [0.15, 0.2) is 44.6 Å². The predicted molar refractivity (Wildman–Crippen MR) is 58.4 cm³/mol. The molecule has 3 aromatic rings. The SMILES string of the molecule is O=c1[nH]cnc2c1c(=O)oc1ccccc12. The molecule has 0 saturated heterocycles. The maximum Gasteiger partial charge on any atom is 0.351 e. The number of aromatic nitrogens is 2. The van der Waals surface area contributed by atoms with Crippen LogP contribution in [0.2, 0.25) is 0 Å². The Kier molecular flexibility index (Phi) is 1.67. The number of rotatable bonds is 0. The smallest absolute Gasteiger partial charge is 0.351 e. The van der Waals surface area contributed by atoms with Crippen LogP contribution >= 0.6 is 0 Å². The molecule has 1 aromatic carbocycles. The molecule has 0 radical (unpaired) electrons. The zero-order chi connectivity index (χ0) is 11.1. The number of hydrogen-bond donors (Lipinski definition) is 1. The Morgan fingerprint density at radius 1 is 1.19 bits per heavy atom. The van der Waals surface area contributed by atoms with E-state index in [0.717, 1.165) is 0 Å². The van der Waals surface area contributed by atoms with Crippen molar-refractivity contribution < 1.29 is 4.42 Å². The molecule has 5 heteroatoms. The van der Waals surface area contributed by atoms with Gasteiger partial charge in [-0.15, -0.1) is 0 Å². The molecule has 0 saturated carbocycles. The molecule has 1 N–H and O–H groups in total. The van der Waals surface area contributed by atoms with E-state index < -0.39 is 11.2 Å². The maximum absolute atomic E-state index is 11.6. The van der Waals surface area contributed by atoms with E-state index in [1.165, 1.54) is 6.33 Å². The first kappa shape index (κ1) is 8.84. The first-order chi connectivity index (χ1) is 7.77. The lowest BCUT2D eigenvalue weighted by atomic mass is 10.2. The van der Waals surface area contributed by atoms with Crippen molar-refractivity contribution in [3.63, 3.8) is 0 Å². The number of aromatic amines is 1. The molecule has 0 spiro atoms. The van der Waals surface area contributed by atoms with Crippen molar-refractivity contribution in [2.75, 3.05) is 0 Å². The van der Waals surface area contributed by atoms with E-state index in [2.05, 4.69) is 9.97 Å². The van der Waals surface area contributed by atoms with E-state index >= 15 is 0 Å². The van der Waals surface area contributed by atoms with Crippen molar-refractivity contribution in [2.45, 2.75) is 0 Å². The molecule has 0 fully saturated rings. The summed E-state index contributed by atoms with van der Waals surface area (Å²) < 4.78 is 5.04. The minimum absolute atomic E-state index is 0.0406. The minimum Gasteiger partial charge on any atom is -0.422 e. The highest BCUT2D eigenvalue weighted by Crippen LogP contribution is 2.17. The molecule has 0 unspecified atom stereocenters. The molecule has 0 atom stereocenters. The van der Waals surface area contributed by atoms with Crippen LogP contribution in [-0.2, 0) is 0 Å². The number of nitrogens with zero attached hydrogens (tertiary/aromatic N) is 1. The number of para-hydroxylation sites is 1. The van der Waals surface area contributed by atoms with Gasteiger partial charge in [0.25, 0.3) is 5.56 Å². The van der Waals surface area contributed by atoms with Crippen LogP contribution in [0.25, 0.3) is 21.9 Å². The molecule has 3 rings (SSSR count). The number of fused-ring (bicyclic) bond motifs is 3. The fourth-order valence-corrected chi connectivity index (χ4v) is 1.70. The van der Waals surface area contributed by atoms with Gasteiger partial charge in [-0.25, -0.2) is 9.78 Å². The lowest BCUT2D eigenvalue weighted by molar-refractivity contribution is 0.568. The fraction of sp³-hybridized carbons (Fsp3) is 0. The van der Waals surface area contributed by atoms with Gasteiger partial charge < -0.3 is 9.40 Å². The number of hydrogen-bond acceptors (Lipinski definition) is 4. The highest BCUT2D eigenvalue weighted by Gasteiger charge is 2.10. The van der Waals surface area contributed by atoms with Gasteiger partial charge in [-0.3, -0.25) is 4.79 Å². The van der Waals surface area contributed by atoms with Gasteiger partial charge in [0.05, 0.1) is 11.8 Å². The van der Waals surface area contributed by atoms with Crippen molar-refractivity contribution >= 4 is 21.9 Å². The monoisotopic (exact) mass is 214 g/mol. The van der Waals surface area contributed by atoms with Gasteiger partial charge in [-0.05, 0) is 12.1 Å². The van der Waals surface area contributed by atoms with Crippen LogP contribution in [-0.4, -0.2) is 9.97 Å². The van der Waals surface area contributed by atoms with Crippen LogP contribution in [0.1, 0.15) is 0 Å². The summed E-state index contributed by atoms with van der Waals surface area (Å²) in [5.74, 6) is 0. The molecular weight excluding hydrogens is 208 g/mol. The molecule has 0 bridgehead atoms. The Hall–Kier alpha value is -2.43. The van der Waals surface area contributed by atoms with Crippen LogP contribution in [0, 0.1) is 0 Å².